The molecule has 4 nitrogen and oxygen atoms in total. The summed E-state index contributed by atoms with van der Waals surface area (Å²) in [5.74, 6) is 1.44. The van der Waals surface area contributed by atoms with E-state index in [-0.39, 0.29) is 24.0 Å². The fourth-order valence-electron chi connectivity index (χ4n) is 2.84. The van der Waals surface area contributed by atoms with E-state index in [1.54, 1.807) is 0 Å². The molecule has 1 saturated heterocycles. The highest BCUT2D eigenvalue weighted by atomic mass is 127. The number of nitrogens with one attached hydrogen (secondary N) is 1. The largest absolute Gasteiger partial charge is 0.370 e. The second-order valence-electron chi connectivity index (χ2n) is 6.06. The van der Waals surface area contributed by atoms with Crippen LogP contribution in [0.4, 0.5) is 0 Å². The molecule has 0 atom stereocenters. The number of guanidine groups is 1. The first-order valence-electron chi connectivity index (χ1n) is 8.11. The summed E-state index contributed by atoms with van der Waals surface area (Å²) in [5.41, 5.74) is 5.87. The molecule has 118 valence electrons. The van der Waals surface area contributed by atoms with Crippen LogP contribution in [-0.2, 0) is 0 Å². The first-order chi connectivity index (χ1) is 9.34. The molecule has 2 fully saturated rings. The number of nitrogens with two attached hydrogens (primary N) is 1. The maximum Gasteiger partial charge on any atom is 0.188 e. The normalized spacial score (nSPS) is 21.7. The second kappa shape index (κ2) is 10.7. The maximum atomic E-state index is 5.87. The van der Waals surface area contributed by atoms with Gasteiger partial charge in [0.15, 0.2) is 5.96 Å². The van der Waals surface area contributed by atoms with Crippen molar-refractivity contribution in [2.24, 2.45) is 16.6 Å². The van der Waals surface area contributed by atoms with Crippen molar-refractivity contribution < 1.29 is 0 Å². The molecule has 0 radical (unpaired) electrons. The third-order valence-corrected chi connectivity index (χ3v) is 4.40. The Labute approximate surface area is 141 Å². The Bertz CT molecular complexity index is 271. The van der Waals surface area contributed by atoms with Crippen LogP contribution >= 0.6 is 24.0 Å². The molecule has 1 aliphatic carbocycles. The van der Waals surface area contributed by atoms with Crippen LogP contribution in [0.15, 0.2) is 4.99 Å². The Balaban J connectivity index is 0.00000200. The highest BCUT2D eigenvalue weighted by Crippen LogP contribution is 2.26. The van der Waals surface area contributed by atoms with Crippen molar-refractivity contribution in [2.75, 3.05) is 32.7 Å². The van der Waals surface area contributed by atoms with Gasteiger partial charge in [0.1, 0.15) is 0 Å². The molecule has 0 unspecified atom stereocenters. The number of nitrogens with zero attached hydrogens (tertiary/aromatic N) is 2. The minimum absolute atomic E-state index is 0. The van der Waals surface area contributed by atoms with E-state index >= 15 is 0 Å². The summed E-state index contributed by atoms with van der Waals surface area (Å²) in [6.45, 7) is 5.64. The predicted molar refractivity (Wildman–Crippen MR) is 96.8 cm³/mol. The molecule has 0 aromatic heterocycles. The lowest BCUT2D eigenvalue weighted by molar-refractivity contribution is 0.282. The van der Waals surface area contributed by atoms with E-state index in [0.29, 0.717) is 5.96 Å². The van der Waals surface area contributed by atoms with Gasteiger partial charge < -0.3 is 16.0 Å². The lowest BCUT2D eigenvalue weighted by Crippen LogP contribution is -2.35. The highest BCUT2D eigenvalue weighted by Gasteiger charge is 2.16. The molecule has 1 aliphatic heterocycles. The van der Waals surface area contributed by atoms with Gasteiger partial charge in [-0.25, -0.2) is 0 Å². The zero-order valence-electron chi connectivity index (χ0n) is 12.6. The van der Waals surface area contributed by atoms with Gasteiger partial charge in [0.05, 0.1) is 0 Å². The van der Waals surface area contributed by atoms with Gasteiger partial charge in [-0.05, 0) is 57.7 Å². The average molecular weight is 394 g/mol. The first kappa shape index (κ1) is 18.0. The molecule has 5 heteroatoms. The summed E-state index contributed by atoms with van der Waals surface area (Å²) in [7, 11) is 0. The number of rotatable bonds is 6. The summed E-state index contributed by atoms with van der Waals surface area (Å²) < 4.78 is 0. The third-order valence-electron chi connectivity index (χ3n) is 4.40. The van der Waals surface area contributed by atoms with Gasteiger partial charge in [-0.2, -0.15) is 0 Å². The standard InChI is InChI=1S/C15H30N4.HI/c16-15(18-13-14-7-5-8-14)17-9-6-12-19-10-3-1-2-4-11-19;/h14H,1-13H2,(H3,16,17,18);1H. The molecule has 0 spiro atoms. The molecular formula is C15H31IN4. The van der Waals surface area contributed by atoms with Crippen molar-refractivity contribution >= 4 is 29.9 Å². The van der Waals surface area contributed by atoms with Gasteiger partial charge >= 0.3 is 0 Å². The quantitative estimate of drug-likeness (QED) is 0.315. The first-order valence-corrected chi connectivity index (χ1v) is 8.11. The summed E-state index contributed by atoms with van der Waals surface area (Å²) >= 11 is 0. The van der Waals surface area contributed by atoms with Gasteiger partial charge in [-0.3, -0.25) is 4.99 Å². The van der Waals surface area contributed by atoms with Gasteiger partial charge in [-0.15, -0.1) is 24.0 Å². The number of hydrogen-bond acceptors (Lipinski definition) is 2. The molecule has 2 rings (SSSR count). The van der Waals surface area contributed by atoms with Gasteiger partial charge in [0, 0.05) is 13.1 Å². The molecule has 3 N–H and O–H groups in total. The van der Waals surface area contributed by atoms with Crippen molar-refractivity contribution in [1.82, 2.24) is 10.2 Å². The summed E-state index contributed by atoms with van der Waals surface area (Å²) in [6, 6.07) is 0. The van der Waals surface area contributed by atoms with Crippen molar-refractivity contribution in [2.45, 2.75) is 51.4 Å². The minimum atomic E-state index is 0. The van der Waals surface area contributed by atoms with E-state index in [9.17, 15) is 0 Å². The van der Waals surface area contributed by atoms with Gasteiger partial charge in [-0.1, -0.05) is 19.3 Å². The van der Waals surface area contributed by atoms with E-state index in [4.69, 9.17) is 5.73 Å². The number of likely N-dealkylation sites (tertiary alicyclic amines) is 1. The monoisotopic (exact) mass is 394 g/mol. The maximum absolute atomic E-state index is 5.87. The SMILES string of the molecule is I.NC(=NCC1CCC1)NCCCN1CCCCCC1. The summed E-state index contributed by atoms with van der Waals surface area (Å²) in [5, 5.41) is 3.24. The molecule has 1 heterocycles. The van der Waals surface area contributed by atoms with E-state index in [2.05, 4.69) is 15.2 Å². The lowest BCUT2D eigenvalue weighted by atomic mass is 9.86. The predicted octanol–water partition coefficient (Wildman–Crippen LogP) is 2.57. The average Bonchev–Trinajstić information content (AvgIpc) is 2.61. The van der Waals surface area contributed by atoms with Crippen molar-refractivity contribution in [3.63, 3.8) is 0 Å². The van der Waals surface area contributed by atoms with Crippen LogP contribution in [0.3, 0.4) is 0 Å². The highest BCUT2D eigenvalue weighted by molar-refractivity contribution is 14.0. The Morgan fingerprint density at radius 1 is 1.10 bits per heavy atom. The molecule has 0 aromatic rings. The Kier molecular flexibility index (Phi) is 9.59. The van der Waals surface area contributed by atoms with Crippen LogP contribution < -0.4 is 11.1 Å². The Hall–Kier alpha value is -0.0400. The van der Waals surface area contributed by atoms with Crippen LogP contribution in [0, 0.1) is 5.92 Å². The second-order valence-corrected chi connectivity index (χ2v) is 6.06. The molecular weight excluding hydrogens is 363 g/mol. The number of hydrogen-bond donors (Lipinski definition) is 2. The zero-order chi connectivity index (χ0) is 13.3. The lowest BCUT2D eigenvalue weighted by Gasteiger charge is -2.23. The van der Waals surface area contributed by atoms with E-state index in [1.165, 1.54) is 71.0 Å². The smallest absolute Gasteiger partial charge is 0.188 e. The van der Waals surface area contributed by atoms with Crippen molar-refractivity contribution in [3.8, 4) is 0 Å². The van der Waals surface area contributed by atoms with Crippen molar-refractivity contribution in [3.05, 3.63) is 0 Å². The Morgan fingerprint density at radius 2 is 1.80 bits per heavy atom. The van der Waals surface area contributed by atoms with Crippen LogP contribution in [0.1, 0.15) is 51.4 Å². The molecule has 2 aliphatic rings. The number of halogens is 1. The van der Waals surface area contributed by atoms with Gasteiger partial charge in [0.2, 0.25) is 0 Å². The minimum Gasteiger partial charge on any atom is -0.370 e. The van der Waals surface area contributed by atoms with E-state index in [0.717, 1.165) is 19.0 Å². The van der Waals surface area contributed by atoms with Crippen molar-refractivity contribution in [1.29, 1.82) is 0 Å². The zero-order valence-corrected chi connectivity index (χ0v) is 15.0. The van der Waals surface area contributed by atoms with Crippen LogP contribution in [0.25, 0.3) is 0 Å². The topological polar surface area (TPSA) is 53.6 Å². The molecule has 20 heavy (non-hydrogen) atoms. The molecule has 1 saturated carbocycles. The third kappa shape index (κ3) is 7.11. The Morgan fingerprint density at radius 3 is 2.40 bits per heavy atom. The van der Waals surface area contributed by atoms with Crippen LogP contribution in [0.5, 0.6) is 0 Å². The number of aliphatic imine (C=N–C) groups is 1. The molecule has 0 aromatic carbocycles. The van der Waals surface area contributed by atoms with Crippen LogP contribution in [0.2, 0.25) is 0 Å². The fourth-order valence-corrected chi connectivity index (χ4v) is 2.84. The van der Waals surface area contributed by atoms with Crippen LogP contribution in [-0.4, -0.2) is 43.6 Å². The fraction of sp³-hybridized carbons (Fsp3) is 0.933. The van der Waals surface area contributed by atoms with E-state index < -0.39 is 0 Å². The van der Waals surface area contributed by atoms with E-state index in [1.807, 2.05) is 0 Å². The summed E-state index contributed by atoms with van der Waals surface area (Å²) in [4.78, 5) is 7.01. The molecule has 0 amide bonds. The van der Waals surface area contributed by atoms with Gasteiger partial charge in [0.25, 0.3) is 0 Å². The molecule has 0 bridgehead atoms. The summed E-state index contributed by atoms with van der Waals surface area (Å²) in [6.07, 6.45) is 10.8.